The van der Waals surface area contributed by atoms with E-state index in [0.717, 1.165) is 5.69 Å². The predicted octanol–water partition coefficient (Wildman–Crippen LogP) is 0.772. The fraction of sp³-hybridized carbons (Fsp3) is 0.364. The summed E-state index contributed by atoms with van der Waals surface area (Å²) in [6.07, 6.45) is 1.47. The van der Waals surface area contributed by atoms with Crippen molar-refractivity contribution >= 4 is 27.3 Å². The minimum atomic E-state index is -3.76. The first-order chi connectivity index (χ1) is 17.0. The Kier molecular flexibility index (Phi) is 6.72. The number of anilines is 2. The maximum Gasteiger partial charge on any atom is 0.257 e. The van der Waals surface area contributed by atoms with Crippen LogP contribution in [0.25, 0.3) is 5.69 Å². The van der Waals surface area contributed by atoms with Crippen LogP contribution in [0.4, 0.5) is 11.4 Å². The van der Waals surface area contributed by atoms with Gasteiger partial charge in [0.05, 0.1) is 42.6 Å². The Morgan fingerprint density at radius 3 is 2.26 bits per heavy atom. The molecule has 35 heavy (non-hydrogen) atoms. The van der Waals surface area contributed by atoms with Crippen molar-refractivity contribution < 1.29 is 22.7 Å². The van der Waals surface area contributed by atoms with Crippen molar-refractivity contribution in [3.63, 3.8) is 0 Å². The second-order valence-electron chi connectivity index (χ2n) is 8.05. The summed E-state index contributed by atoms with van der Waals surface area (Å²) in [7, 11) is -3.76. The number of tetrazole rings is 1. The largest absolute Gasteiger partial charge is 0.379 e. The quantitative estimate of drug-likeness (QED) is 0.522. The molecule has 0 atom stereocenters. The lowest BCUT2D eigenvalue weighted by Crippen LogP contribution is -2.41. The summed E-state index contributed by atoms with van der Waals surface area (Å²) < 4.78 is 40.1. The topological polar surface area (TPSA) is 132 Å². The van der Waals surface area contributed by atoms with Crippen LogP contribution in [-0.4, -0.2) is 91.4 Å². The molecule has 1 N–H and O–H groups in total. The van der Waals surface area contributed by atoms with Crippen LogP contribution >= 0.6 is 0 Å². The molecule has 0 spiro atoms. The first-order valence-corrected chi connectivity index (χ1v) is 12.7. The highest BCUT2D eigenvalue weighted by Gasteiger charge is 2.29. The van der Waals surface area contributed by atoms with Crippen molar-refractivity contribution in [3.8, 4) is 5.69 Å². The van der Waals surface area contributed by atoms with E-state index in [-0.39, 0.29) is 23.5 Å². The monoisotopic (exact) mass is 499 g/mol. The molecule has 0 saturated carbocycles. The van der Waals surface area contributed by atoms with Gasteiger partial charge in [-0.25, -0.2) is 13.1 Å². The van der Waals surface area contributed by atoms with Crippen LogP contribution in [0.2, 0.25) is 0 Å². The number of nitrogens with zero attached hydrogens (tertiary/aromatic N) is 6. The molecule has 184 valence electrons. The summed E-state index contributed by atoms with van der Waals surface area (Å²) in [6.45, 7) is 3.54. The van der Waals surface area contributed by atoms with Crippen molar-refractivity contribution in [2.24, 2.45) is 0 Å². The molecule has 2 saturated heterocycles. The van der Waals surface area contributed by atoms with E-state index in [4.69, 9.17) is 9.47 Å². The van der Waals surface area contributed by atoms with E-state index in [1.165, 1.54) is 21.4 Å². The number of morpholine rings is 2. The Bertz CT molecular complexity index is 1270. The van der Waals surface area contributed by atoms with Gasteiger partial charge in [0.1, 0.15) is 6.33 Å². The normalized spacial score (nSPS) is 17.3. The number of hydrogen-bond donors (Lipinski definition) is 1. The van der Waals surface area contributed by atoms with Gasteiger partial charge in [-0.05, 0) is 52.9 Å². The molecule has 2 aliphatic heterocycles. The van der Waals surface area contributed by atoms with Gasteiger partial charge in [0.15, 0.2) is 0 Å². The van der Waals surface area contributed by atoms with E-state index < -0.39 is 15.9 Å². The molecule has 2 aromatic carbocycles. The lowest BCUT2D eigenvalue weighted by molar-refractivity contribution is 0.0730. The molecule has 3 heterocycles. The number of aromatic nitrogens is 4. The average molecular weight is 500 g/mol. The summed E-state index contributed by atoms with van der Waals surface area (Å²) >= 11 is 0. The van der Waals surface area contributed by atoms with Gasteiger partial charge in [-0.1, -0.05) is 0 Å². The minimum absolute atomic E-state index is 0.0792. The second-order valence-corrected chi connectivity index (χ2v) is 9.99. The molecule has 0 aliphatic carbocycles. The number of sulfonamides is 1. The number of hydrogen-bond acceptors (Lipinski definition) is 9. The molecule has 0 unspecified atom stereocenters. The lowest BCUT2D eigenvalue weighted by Gasteiger charge is -2.31. The molecule has 1 aromatic heterocycles. The third-order valence-corrected chi connectivity index (χ3v) is 7.81. The molecule has 1 amide bonds. The zero-order valence-corrected chi connectivity index (χ0v) is 19.7. The number of carbonyl (C=O) groups is 1. The maximum atomic E-state index is 13.4. The highest BCUT2D eigenvalue weighted by Crippen LogP contribution is 2.28. The summed E-state index contributed by atoms with van der Waals surface area (Å²) in [5, 5.41) is 14.0. The Labute approximate surface area is 202 Å². The van der Waals surface area contributed by atoms with E-state index in [0.29, 0.717) is 50.9 Å². The zero-order chi connectivity index (χ0) is 24.3. The van der Waals surface area contributed by atoms with Gasteiger partial charge in [-0.2, -0.15) is 4.31 Å². The minimum Gasteiger partial charge on any atom is -0.379 e. The molecule has 5 rings (SSSR count). The molecule has 3 aromatic rings. The van der Waals surface area contributed by atoms with Crippen LogP contribution in [0, 0.1) is 0 Å². The highest BCUT2D eigenvalue weighted by molar-refractivity contribution is 7.89. The zero-order valence-electron chi connectivity index (χ0n) is 18.9. The van der Waals surface area contributed by atoms with Crippen LogP contribution in [0.3, 0.4) is 0 Å². The number of ether oxygens (including phenoxy) is 2. The van der Waals surface area contributed by atoms with Gasteiger partial charge in [0, 0.05) is 37.6 Å². The molecule has 13 heteroatoms. The number of carbonyl (C=O) groups excluding carboxylic acids is 1. The Morgan fingerprint density at radius 1 is 0.914 bits per heavy atom. The first-order valence-electron chi connectivity index (χ1n) is 11.2. The molecule has 2 aliphatic rings. The van der Waals surface area contributed by atoms with E-state index in [9.17, 15) is 13.2 Å². The van der Waals surface area contributed by atoms with Crippen LogP contribution in [0.1, 0.15) is 10.4 Å². The summed E-state index contributed by atoms with van der Waals surface area (Å²) in [5.74, 6) is -0.402. The number of benzene rings is 2. The lowest BCUT2D eigenvalue weighted by atomic mass is 10.1. The van der Waals surface area contributed by atoms with Gasteiger partial charge in [-0.15, -0.1) is 5.10 Å². The third-order valence-electron chi connectivity index (χ3n) is 5.91. The molecular weight excluding hydrogens is 474 g/mol. The third kappa shape index (κ3) is 5.03. The van der Waals surface area contributed by atoms with Crippen molar-refractivity contribution in [3.05, 3.63) is 54.4 Å². The van der Waals surface area contributed by atoms with Gasteiger partial charge in [-0.3, -0.25) is 4.79 Å². The highest BCUT2D eigenvalue weighted by atomic mass is 32.2. The van der Waals surface area contributed by atoms with Crippen molar-refractivity contribution in [2.45, 2.75) is 4.90 Å². The maximum absolute atomic E-state index is 13.4. The van der Waals surface area contributed by atoms with Crippen LogP contribution in [0.5, 0.6) is 0 Å². The van der Waals surface area contributed by atoms with E-state index in [2.05, 4.69) is 20.8 Å². The van der Waals surface area contributed by atoms with Crippen LogP contribution in [-0.2, 0) is 19.5 Å². The Balaban J connectivity index is 1.44. The van der Waals surface area contributed by atoms with E-state index >= 15 is 0 Å². The Hall–Kier alpha value is -3.39. The van der Waals surface area contributed by atoms with E-state index in [1.807, 2.05) is 4.90 Å². The fourth-order valence-electron chi connectivity index (χ4n) is 4.05. The van der Waals surface area contributed by atoms with Crippen LogP contribution < -0.4 is 10.2 Å². The molecule has 0 bridgehead atoms. The molecule has 0 radical (unpaired) electrons. The van der Waals surface area contributed by atoms with E-state index in [1.54, 1.807) is 36.4 Å². The van der Waals surface area contributed by atoms with Crippen molar-refractivity contribution in [1.29, 1.82) is 0 Å². The fourth-order valence-corrected chi connectivity index (χ4v) is 5.48. The summed E-state index contributed by atoms with van der Waals surface area (Å²) in [6, 6.07) is 11.7. The standard InChI is InChI=1S/C22H25N7O5S/c30-22(24-17-1-3-18(4-2-17)29-16-23-25-26-29)20-15-19(35(31,32)28-9-13-34-14-10-28)5-6-21(20)27-7-11-33-12-8-27/h1-6,15-16H,7-14H2,(H,24,30). The SMILES string of the molecule is O=C(Nc1ccc(-n2cnnn2)cc1)c1cc(S(=O)(=O)N2CCOCC2)ccc1N1CCOCC1. The van der Waals surface area contributed by atoms with Gasteiger partial charge >= 0.3 is 0 Å². The van der Waals surface area contributed by atoms with Crippen molar-refractivity contribution in [2.75, 3.05) is 62.8 Å². The number of amides is 1. The smallest absolute Gasteiger partial charge is 0.257 e. The van der Waals surface area contributed by atoms with Gasteiger partial charge < -0.3 is 19.7 Å². The second kappa shape index (κ2) is 10.1. The predicted molar refractivity (Wildman–Crippen MR) is 126 cm³/mol. The number of rotatable bonds is 6. The molecule has 12 nitrogen and oxygen atoms in total. The Morgan fingerprint density at radius 2 is 1.60 bits per heavy atom. The molecular formula is C22H25N7O5S. The van der Waals surface area contributed by atoms with Gasteiger partial charge in [0.2, 0.25) is 10.0 Å². The summed E-state index contributed by atoms with van der Waals surface area (Å²) in [4.78, 5) is 15.5. The first kappa shape index (κ1) is 23.4. The molecule has 2 fully saturated rings. The number of nitrogens with one attached hydrogen (secondary N) is 1. The summed E-state index contributed by atoms with van der Waals surface area (Å²) in [5.41, 5.74) is 2.24. The van der Waals surface area contributed by atoms with Gasteiger partial charge in [0.25, 0.3) is 5.91 Å². The average Bonchev–Trinajstić information content (AvgIpc) is 3.45. The van der Waals surface area contributed by atoms with Crippen molar-refractivity contribution in [1.82, 2.24) is 24.5 Å². The van der Waals surface area contributed by atoms with Crippen LogP contribution in [0.15, 0.2) is 53.7 Å².